The van der Waals surface area contributed by atoms with Crippen LogP contribution in [-0.2, 0) is 0 Å². The molecular formula is C12H14N2O. The molecule has 78 valence electrons. The quantitative estimate of drug-likeness (QED) is 0.562. The van der Waals surface area contributed by atoms with Gasteiger partial charge in [-0.1, -0.05) is 5.16 Å². The first-order chi connectivity index (χ1) is 7.29. The zero-order valence-electron chi connectivity index (χ0n) is 8.77. The Morgan fingerprint density at radius 2 is 2.27 bits per heavy atom. The topological polar surface area (TPSA) is 45.5 Å². The number of nitrogens with zero attached hydrogens (tertiary/aromatic N) is 2. The largest absolute Gasteiger partial charge is 0.411 e. The maximum Gasteiger partial charge on any atom is 0.0798 e. The van der Waals surface area contributed by atoms with Gasteiger partial charge in [0.25, 0.3) is 0 Å². The second kappa shape index (κ2) is 4.26. The Morgan fingerprint density at radius 3 is 3.00 bits per heavy atom. The van der Waals surface area contributed by atoms with E-state index in [4.69, 9.17) is 5.21 Å². The van der Waals surface area contributed by atoms with Gasteiger partial charge in [0, 0.05) is 11.9 Å². The van der Waals surface area contributed by atoms with E-state index < -0.39 is 0 Å². The molecule has 0 atom stereocenters. The maximum atomic E-state index is 8.74. The Labute approximate surface area is 89.2 Å². The van der Waals surface area contributed by atoms with Crippen molar-refractivity contribution >= 4 is 11.3 Å². The predicted octanol–water partition coefficient (Wildman–Crippen LogP) is 2.79. The van der Waals surface area contributed by atoms with E-state index in [0.29, 0.717) is 0 Å². The lowest BCUT2D eigenvalue weighted by molar-refractivity contribution is 0.318. The predicted molar refractivity (Wildman–Crippen MR) is 60.0 cm³/mol. The second-order valence-electron chi connectivity index (χ2n) is 3.80. The number of rotatable bonds is 1. The van der Waals surface area contributed by atoms with Gasteiger partial charge in [0.15, 0.2) is 0 Å². The fourth-order valence-electron chi connectivity index (χ4n) is 1.86. The van der Waals surface area contributed by atoms with Gasteiger partial charge in [-0.15, -0.1) is 0 Å². The summed E-state index contributed by atoms with van der Waals surface area (Å²) in [4.78, 5) is 4.17. The van der Waals surface area contributed by atoms with Crippen LogP contribution < -0.4 is 0 Å². The average molecular weight is 202 g/mol. The third kappa shape index (κ3) is 2.24. The van der Waals surface area contributed by atoms with Crippen molar-refractivity contribution < 1.29 is 5.21 Å². The molecule has 1 aliphatic rings. The Kier molecular flexibility index (Phi) is 2.81. The zero-order chi connectivity index (χ0) is 10.7. The summed E-state index contributed by atoms with van der Waals surface area (Å²) in [6.07, 6.45) is 6.74. The van der Waals surface area contributed by atoms with Gasteiger partial charge in [0.05, 0.1) is 5.71 Å². The molecule has 1 aromatic heterocycles. The molecule has 0 amide bonds. The third-order valence-electron chi connectivity index (χ3n) is 2.62. The summed E-state index contributed by atoms with van der Waals surface area (Å²) in [5.41, 5.74) is 4.20. The number of oxime groups is 1. The molecule has 15 heavy (non-hydrogen) atoms. The number of hydrogen-bond donors (Lipinski definition) is 1. The van der Waals surface area contributed by atoms with Crippen LogP contribution in [0.25, 0.3) is 5.57 Å². The van der Waals surface area contributed by atoms with Crippen molar-refractivity contribution in [3.8, 4) is 0 Å². The Hall–Kier alpha value is -1.64. The van der Waals surface area contributed by atoms with Gasteiger partial charge < -0.3 is 5.21 Å². The van der Waals surface area contributed by atoms with E-state index in [1.807, 2.05) is 25.3 Å². The fourth-order valence-corrected chi connectivity index (χ4v) is 1.86. The molecule has 0 aliphatic heterocycles. The molecular weight excluding hydrogens is 188 g/mol. The van der Waals surface area contributed by atoms with Crippen LogP contribution in [0.3, 0.4) is 0 Å². The van der Waals surface area contributed by atoms with Crippen LogP contribution in [-0.4, -0.2) is 15.9 Å². The van der Waals surface area contributed by atoms with E-state index in [-0.39, 0.29) is 0 Å². The summed E-state index contributed by atoms with van der Waals surface area (Å²) in [6.45, 7) is 1.98. The minimum atomic E-state index is 0.769. The summed E-state index contributed by atoms with van der Waals surface area (Å²) < 4.78 is 0. The monoisotopic (exact) mass is 202 g/mol. The standard InChI is InChI=1S/C12H14N2O/c1-9-7-11(5-6-13-9)10-3-2-4-12(8-10)14-15/h5-8,15H,2-4H2,1H3. The summed E-state index contributed by atoms with van der Waals surface area (Å²) >= 11 is 0. The highest BCUT2D eigenvalue weighted by Crippen LogP contribution is 2.25. The van der Waals surface area contributed by atoms with E-state index >= 15 is 0 Å². The lowest BCUT2D eigenvalue weighted by Crippen LogP contribution is -2.03. The summed E-state index contributed by atoms with van der Waals surface area (Å²) in [5, 5.41) is 12.0. The Morgan fingerprint density at radius 1 is 1.40 bits per heavy atom. The molecule has 1 N–H and O–H groups in total. The summed E-state index contributed by atoms with van der Waals surface area (Å²) in [7, 11) is 0. The lowest BCUT2D eigenvalue weighted by Gasteiger charge is -2.13. The first kappa shape index (κ1) is 9.90. The van der Waals surface area contributed by atoms with E-state index in [9.17, 15) is 0 Å². The van der Waals surface area contributed by atoms with Gasteiger partial charge in [-0.25, -0.2) is 0 Å². The first-order valence-corrected chi connectivity index (χ1v) is 5.14. The van der Waals surface area contributed by atoms with Crippen LogP contribution in [0.5, 0.6) is 0 Å². The highest BCUT2D eigenvalue weighted by atomic mass is 16.4. The zero-order valence-corrected chi connectivity index (χ0v) is 8.77. The highest BCUT2D eigenvalue weighted by molar-refractivity contribution is 6.01. The van der Waals surface area contributed by atoms with Gasteiger partial charge in [-0.05, 0) is 55.5 Å². The number of hydrogen-bond acceptors (Lipinski definition) is 3. The minimum Gasteiger partial charge on any atom is -0.411 e. The number of pyridine rings is 1. The number of allylic oxidation sites excluding steroid dienone is 2. The summed E-state index contributed by atoms with van der Waals surface area (Å²) in [5.74, 6) is 0. The van der Waals surface area contributed by atoms with Crippen LogP contribution in [0, 0.1) is 6.92 Å². The lowest BCUT2D eigenvalue weighted by atomic mass is 9.93. The molecule has 1 aliphatic carbocycles. The van der Waals surface area contributed by atoms with Crippen molar-refractivity contribution in [2.24, 2.45) is 5.16 Å². The molecule has 0 spiro atoms. The van der Waals surface area contributed by atoms with E-state index in [1.165, 1.54) is 11.1 Å². The average Bonchev–Trinajstić information content (AvgIpc) is 2.29. The molecule has 0 radical (unpaired) electrons. The SMILES string of the molecule is Cc1cc(C2=CC(=NO)CCC2)ccn1. The number of aryl methyl sites for hydroxylation is 1. The molecule has 3 heteroatoms. The molecule has 1 heterocycles. The van der Waals surface area contributed by atoms with Crippen LogP contribution >= 0.6 is 0 Å². The molecule has 2 rings (SSSR count). The molecule has 0 fully saturated rings. The first-order valence-electron chi connectivity index (χ1n) is 5.14. The maximum absolute atomic E-state index is 8.74. The minimum absolute atomic E-state index is 0.769. The molecule has 0 saturated carbocycles. The fraction of sp³-hybridized carbons (Fsp3) is 0.333. The van der Waals surface area contributed by atoms with Crippen molar-refractivity contribution in [3.63, 3.8) is 0 Å². The number of aromatic nitrogens is 1. The van der Waals surface area contributed by atoms with Crippen LogP contribution in [0.15, 0.2) is 29.6 Å². The molecule has 0 saturated heterocycles. The molecule has 0 bridgehead atoms. The molecule has 0 unspecified atom stereocenters. The normalized spacial score (nSPS) is 19.0. The van der Waals surface area contributed by atoms with Crippen molar-refractivity contribution in [2.75, 3.05) is 0 Å². The van der Waals surface area contributed by atoms with Crippen molar-refractivity contribution in [1.82, 2.24) is 4.98 Å². The summed E-state index contributed by atoms with van der Waals surface area (Å²) in [6, 6.07) is 4.06. The highest BCUT2D eigenvalue weighted by Gasteiger charge is 2.10. The van der Waals surface area contributed by atoms with Crippen molar-refractivity contribution in [3.05, 3.63) is 35.7 Å². The smallest absolute Gasteiger partial charge is 0.0798 e. The van der Waals surface area contributed by atoms with Gasteiger partial charge in [-0.2, -0.15) is 0 Å². The molecule has 3 nitrogen and oxygen atoms in total. The van der Waals surface area contributed by atoms with Crippen LogP contribution in [0.1, 0.15) is 30.5 Å². The van der Waals surface area contributed by atoms with Gasteiger partial charge in [0.1, 0.15) is 0 Å². The third-order valence-corrected chi connectivity index (χ3v) is 2.62. The van der Waals surface area contributed by atoms with Crippen LogP contribution in [0.4, 0.5) is 0 Å². The van der Waals surface area contributed by atoms with Crippen molar-refractivity contribution in [1.29, 1.82) is 0 Å². The van der Waals surface area contributed by atoms with E-state index in [0.717, 1.165) is 30.7 Å². The van der Waals surface area contributed by atoms with E-state index in [2.05, 4.69) is 16.2 Å². The second-order valence-corrected chi connectivity index (χ2v) is 3.80. The van der Waals surface area contributed by atoms with Gasteiger partial charge in [-0.3, -0.25) is 4.98 Å². The van der Waals surface area contributed by atoms with Crippen molar-refractivity contribution in [2.45, 2.75) is 26.2 Å². The molecule has 0 aromatic carbocycles. The van der Waals surface area contributed by atoms with Crippen LogP contribution in [0.2, 0.25) is 0 Å². The van der Waals surface area contributed by atoms with Gasteiger partial charge >= 0.3 is 0 Å². The Balaban J connectivity index is 2.35. The Bertz CT molecular complexity index is 421. The van der Waals surface area contributed by atoms with E-state index in [1.54, 1.807) is 0 Å². The van der Waals surface area contributed by atoms with Gasteiger partial charge in [0.2, 0.25) is 0 Å². The molecule has 1 aromatic rings.